The Labute approximate surface area is 202 Å². The van der Waals surface area contributed by atoms with Gasteiger partial charge in [-0.05, 0) is 50.6 Å². The van der Waals surface area contributed by atoms with E-state index < -0.39 is 0 Å². The summed E-state index contributed by atoms with van der Waals surface area (Å²) in [6.45, 7) is 6.31. The highest BCUT2D eigenvalue weighted by molar-refractivity contribution is 7.99. The zero-order valence-electron chi connectivity index (χ0n) is 18.9. The molecule has 3 rings (SSSR count). The van der Waals surface area contributed by atoms with E-state index in [2.05, 4.69) is 20.8 Å². The number of rotatable bonds is 9. The van der Waals surface area contributed by atoms with Crippen LogP contribution < -0.4 is 15.4 Å². The van der Waals surface area contributed by atoms with E-state index in [9.17, 15) is 9.59 Å². The highest BCUT2D eigenvalue weighted by atomic mass is 35.5. The summed E-state index contributed by atoms with van der Waals surface area (Å²) >= 11 is 7.29. The summed E-state index contributed by atoms with van der Waals surface area (Å²) in [5.41, 5.74) is 2.02. The SMILES string of the molecule is CCn1c(SCC(=O)Nc2cc(Cl)ccc2OC)nnc1[C@@H](C)NC(=O)c1ccccc1C. The van der Waals surface area contributed by atoms with Gasteiger partial charge in [-0.3, -0.25) is 9.59 Å². The molecule has 174 valence electrons. The minimum atomic E-state index is -0.358. The van der Waals surface area contributed by atoms with Crippen LogP contribution in [0.25, 0.3) is 0 Å². The maximum absolute atomic E-state index is 12.7. The molecule has 2 N–H and O–H groups in total. The third-order valence-electron chi connectivity index (χ3n) is 4.95. The monoisotopic (exact) mass is 487 g/mol. The summed E-state index contributed by atoms with van der Waals surface area (Å²) in [4.78, 5) is 25.2. The number of hydrogen-bond donors (Lipinski definition) is 2. The van der Waals surface area contributed by atoms with E-state index in [0.717, 1.165) is 5.56 Å². The van der Waals surface area contributed by atoms with E-state index in [-0.39, 0.29) is 23.6 Å². The number of anilines is 1. The van der Waals surface area contributed by atoms with Crippen LogP contribution in [0.1, 0.15) is 41.6 Å². The van der Waals surface area contributed by atoms with Crippen molar-refractivity contribution >= 4 is 40.9 Å². The van der Waals surface area contributed by atoms with Crippen molar-refractivity contribution in [3.8, 4) is 5.75 Å². The van der Waals surface area contributed by atoms with Crippen LogP contribution in [0.5, 0.6) is 5.75 Å². The van der Waals surface area contributed by atoms with Gasteiger partial charge < -0.3 is 19.9 Å². The molecule has 0 unspecified atom stereocenters. The number of halogens is 1. The van der Waals surface area contributed by atoms with Gasteiger partial charge in [-0.2, -0.15) is 0 Å². The fourth-order valence-corrected chi connectivity index (χ4v) is 4.27. The average molecular weight is 488 g/mol. The molecule has 2 aromatic carbocycles. The molecule has 0 aliphatic carbocycles. The molecule has 0 fully saturated rings. The molecule has 0 spiro atoms. The number of carbonyl (C=O) groups excluding carboxylic acids is 2. The molecule has 8 nitrogen and oxygen atoms in total. The summed E-state index contributed by atoms with van der Waals surface area (Å²) in [5, 5.41) is 15.4. The minimum Gasteiger partial charge on any atom is -0.495 e. The van der Waals surface area contributed by atoms with Crippen LogP contribution >= 0.6 is 23.4 Å². The number of carbonyl (C=O) groups is 2. The quantitative estimate of drug-likeness (QED) is 0.431. The first-order valence-corrected chi connectivity index (χ1v) is 11.8. The van der Waals surface area contributed by atoms with Crippen molar-refractivity contribution in [3.63, 3.8) is 0 Å². The molecule has 3 aromatic rings. The normalized spacial score (nSPS) is 11.7. The van der Waals surface area contributed by atoms with E-state index in [4.69, 9.17) is 16.3 Å². The van der Waals surface area contributed by atoms with Gasteiger partial charge in [0.2, 0.25) is 5.91 Å². The second kappa shape index (κ2) is 11.2. The van der Waals surface area contributed by atoms with Crippen molar-refractivity contribution in [2.24, 2.45) is 0 Å². The van der Waals surface area contributed by atoms with Gasteiger partial charge in [0.25, 0.3) is 5.91 Å². The predicted octanol–water partition coefficient (Wildman–Crippen LogP) is 4.49. The van der Waals surface area contributed by atoms with Gasteiger partial charge in [0.15, 0.2) is 11.0 Å². The van der Waals surface area contributed by atoms with Crippen LogP contribution in [0.3, 0.4) is 0 Å². The van der Waals surface area contributed by atoms with E-state index in [1.165, 1.54) is 18.9 Å². The molecular weight excluding hydrogens is 462 g/mol. The van der Waals surface area contributed by atoms with Crippen molar-refractivity contribution < 1.29 is 14.3 Å². The summed E-state index contributed by atoms with van der Waals surface area (Å²) < 4.78 is 7.15. The Morgan fingerprint density at radius 2 is 1.97 bits per heavy atom. The molecule has 1 aromatic heterocycles. The van der Waals surface area contributed by atoms with Crippen molar-refractivity contribution in [2.75, 3.05) is 18.2 Å². The molecule has 0 saturated carbocycles. The number of ether oxygens (including phenoxy) is 1. The smallest absolute Gasteiger partial charge is 0.252 e. The van der Waals surface area contributed by atoms with Gasteiger partial charge in [-0.25, -0.2) is 0 Å². The fraction of sp³-hybridized carbons (Fsp3) is 0.304. The Morgan fingerprint density at radius 1 is 1.21 bits per heavy atom. The highest BCUT2D eigenvalue weighted by Gasteiger charge is 2.21. The molecule has 0 saturated heterocycles. The lowest BCUT2D eigenvalue weighted by Crippen LogP contribution is -2.29. The lowest BCUT2D eigenvalue weighted by atomic mass is 10.1. The number of hydrogen-bond acceptors (Lipinski definition) is 6. The standard InChI is InChI=1S/C23H26ClN5O3S/c1-5-29-21(15(3)25-22(31)17-9-7-6-8-14(17)2)27-28-23(29)33-13-20(30)26-18-12-16(24)10-11-19(18)32-4/h6-12,15H,5,13H2,1-4H3,(H,25,31)(H,26,30)/t15-/m1/s1. The minimum absolute atomic E-state index is 0.123. The zero-order chi connectivity index (χ0) is 24.0. The van der Waals surface area contributed by atoms with E-state index in [1.54, 1.807) is 24.3 Å². The second-order valence-corrected chi connectivity index (χ2v) is 8.66. The van der Waals surface area contributed by atoms with Crippen LogP contribution in [0.15, 0.2) is 47.6 Å². The van der Waals surface area contributed by atoms with Crippen LogP contribution in [-0.4, -0.2) is 39.4 Å². The molecule has 0 radical (unpaired) electrons. The first kappa shape index (κ1) is 24.6. The van der Waals surface area contributed by atoms with Gasteiger partial charge in [0.1, 0.15) is 5.75 Å². The highest BCUT2D eigenvalue weighted by Crippen LogP contribution is 2.28. The summed E-state index contributed by atoms with van der Waals surface area (Å²) in [5.74, 6) is 0.871. The van der Waals surface area contributed by atoms with Crippen molar-refractivity contribution in [2.45, 2.75) is 38.5 Å². The molecule has 0 aliphatic rings. The number of benzene rings is 2. The van der Waals surface area contributed by atoms with Gasteiger partial charge in [-0.15, -0.1) is 10.2 Å². The Bertz CT molecular complexity index is 1150. The number of nitrogens with zero attached hydrogens (tertiary/aromatic N) is 3. The van der Waals surface area contributed by atoms with Gasteiger partial charge in [0.05, 0.1) is 24.6 Å². The van der Waals surface area contributed by atoms with Crippen LogP contribution in [0, 0.1) is 6.92 Å². The fourth-order valence-electron chi connectivity index (χ4n) is 3.29. The van der Waals surface area contributed by atoms with Crippen molar-refractivity contribution in [3.05, 3.63) is 64.4 Å². The number of methoxy groups -OCH3 is 1. The van der Waals surface area contributed by atoms with Crippen molar-refractivity contribution in [1.29, 1.82) is 0 Å². The molecular formula is C23H26ClN5O3S. The molecule has 33 heavy (non-hydrogen) atoms. The van der Waals surface area contributed by atoms with Crippen LogP contribution in [0.2, 0.25) is 5.02 Å². The number of nitrogens with one attached hydrogen (secondary N) is 2. The number of aromatic nitrogens is 3. The lowest BCUT2D eigenvalue weighted by molar-refractivity contribution is -0.113. The largest absolute Gasteiger partial charge is 0.495 e. The summed E-state index contributed by atoms with van der Waals surface area (Å²) in [6, 6.07) is 12.1. The van der Waals surface area contributed by atoms with Gasteiger partial charge in [-0.1, -0.05) is 41.6 Å². The molecule has 0 bridgehead atoms. The number of thioether (sulfide) groups is 1. The van der Waals surface area contributed by atoms with E-state index in [0.29, 0.717) is 39.5 Å². The van der Waals surface area contributed by atoms with E-state index in [1.807, 2.05) is 43.5 Å². The summed E-state index contributed by atoms with van der Waals surface area (Å²) in [6.07, 6.45) is 0. The van der Waals surface area contributed by atoms with Gasteiger partial charge >= 0.3 is 0 Å². The van der Waals surface area contributed by atoms with Crippen LogP contribution in [-0.2, 0) is 11.3 Å². The number of amides is 2. The zero-order valence-corrected chi connectivity index (χ0v) is 20.5. The number of aryl methyl sites for hydroxylation is 1. The van der Waals surface area contributed by atoms with Crippen LogP contribution in [0.4, 0.5) is 5.69 Å². The Hall–Kier alpha value is -3.04. The molecule has 0 aliphatic heterocycles. The van der Waals surface area contributed by atoms with E-state index >= 15 is 0 Å². The Morgan fingerprint density at radius 3 is 2.67 bits per heavy atom. The Balaban J connectivity index is 1.65. The average Bonchev–Trinajstić information content (AvgIpc) is 3.21. The molecule has 1 heterocycles. The van der Waals surface area contributed by atoms with Crippen molar-refractivity contribution in [1.82, 2.24) is 20.1 Å². The third kappa shape index (κ3) is 6.06. The molecule has 2 amide bonds. The third-order valence-corrected chi connectivity index (χ3v) is 6.16. The lowest BCUT2D eigenvalue weighted by Gasteiger charge is -2.16. The first-order chi connectivity index (χ1) is 15.8. The first-order valence-electron chi connectivity index (χ1n) is 10.4. The maximum atomic E-state index is 12.7. The Kier molecular flexibility index (Phi) is 8.35. The molecule has 1 atom stereocenters. The molecule has 10 heteroatoms. The summed E-state index contributed by atoms with van der Waals surface area (Å²) in [7, 11) is 1.53. The second-order valence-electron chi connectivity index (χ2n) is 7.28. The maximum Gasteiger partial charge on any atom is 0.252 e. The topological polar surface area (TPSA) is 98.1 Å². The van der Waals surface area contributed by atoms with Gasteiger partial charge in [0, 0.05) is 17.1 Å². The predicted molar refractivity (Wildman–Crippen MR) is 130 cm³/mol.